The van der Waals surface area contributed by atoms with Crippen LogP contribution >= 0.6 is 0 Å². The van der Waals surface area contributed by atoms with Crippen LogP contribution in [0.2, 0.25) is 0 Å². The molecule has 0 amide bonds. The Balaban J connectivity index is 2.66. The number of hydrogen-bond acceptors (Lipinski definition) is 3. The second-order valence-electron chi connectivity index (χ2n) is 3.68. The number of hydrogen-bond donors (Lipinski definition) is 2. The fourth-order valence-electron chi connectivity index (χ4n) is 1.28. The molecule has 1 fully saturated rings. The summed E-state index contributed by atoms with van der Waals surface area (Å²) in [5, 5.41) is 9.06. The molecular formula is C7H15FN2O3S. The van der Waals surface area contributed by atoms with Gasteiger partial charge in [0.2, 0.25) is 0 Å². The van der Waals surface area contributed by atoms with Crippen LogP contribution < -0.4 is 4.72 Å². The standard InChI is InChI=1S/C7H15FN2O3S/c1-5(2)9-14(12,13)10-3-6(8)7(11)4-10/h5-7,9,11H,3-4H2,1-2H3/t6-,7-/m0/s1. The van der Waals surface area contributed by atoms with Crippen LogP contribution in [0.4, 0.5) is 4.39 Å². The third-order valence-electron chi connectivity index (χ3n) is 1.91. The lowest BCUT2D eigenvalue weighted by Gasteiger charge is -2.17. The van der Waals surface area contributed by atoms with Crippen LogP contribution in [-0.4, -0.2) is 49.2 Å². The van der Waals surface area contributed by atoms with Crippen molar-refractivity contribution >= 4 is 10.2 Å². The predicted molar refractivity (Wildman–Crippen MR) is 49.7 cm³/mol. The summed E-state index contributed by atoms with van der Waals surface area (Å²) in [6, 6.07) is -0.240. The van der Waals surface area contributed by atoms with Crippen molar-refractivity contribution < 1.29 is 17.9 Å². The summed E-state index contributed by atoms with van der Waals surface area (Å²) in [6.45, 7) is 2.90. The molecule has 1 saturated heterocycles. The molecule has 1 aliphatic heterocycles. The molecule has 7 heteroatoms. The van der Waals surface area contributed by atoms with Gasteiger partial charge in [-0.25, -0.2) is 4.39 Å². The minimum absolute atomic E-state index is 0.177. The Bertz CT molecular complexity index is 283. The average Bonchev–Trinajstić information content (AvgIpc) is 2.30. The van der Waals surface area contributed by atoms with Crippen LogP contribution in [0, 0.1) is 0 Å². The minimum atomic E-state index is -3.64. The van der Waals surface area contributed by atoms with Gasteiger partial charge in [0.1, 0.15) is 12.3 Å². The van der Waals surface area contributed by atoms with Crippen molar-refractivity contribution in [1.29, 1.82) is 0 Å². The van der Waals surface area contributed by atoms with Gasteiger partial charge in [-0.05, 0) is 13.8 Å². The quantitative estimate of drug-likeness (QED) is 0.665. The lowest BCUT2D eigenvalue weighted by Crippen LogP contribution is -2.42. The normalized spacial score (nSPS) is 30.1. The van der Waals surface area contributed by atoms with E-state index in [1.807, 2.05) is 0 Å². The number of alkyl halides is 1. The van der Waals surface area contributed by atoms with Gasteiger partial charge in [-0.1, -0.05) is 0 Å². The van der Waals surface area contributed by atoms with E-state index in [9.17, 15) is 12.8 Å². The van der Waals surface area contributed by atoms with E-state index in [4.69, 9.17) is 5.11 Å². The van der Waals surface area contributed by atoms with Crippen LogP contribution in [0.1, 0.15) is 13.8 Å². The van der Waals surface area contributed by atoms with Gasteiger partial charge in [0.05, 0.1) is 0 Å². The molecule has 0 aromatic rings. The van der Waals surface area contributed by atoms with Crippen molar-refractivity contribution in [3.63, 3.8) is 0 Å². The lowest BCUT2D eigenvalue weighted by molar-refractivity contribution is 0.117. The molecule has 1 aliphatic rings. The van der Waals surface area contributed by atoms with E-state index in [0.717, 1.165) is 4.31 Å². The summed E-state index contributed by atoms with van der Waals surface area (Å²) in [7, 11) is -3.64. The van der Waals surface area contributed by atoms with E-state index >= 15 is 0 Å². The summed E-state index contributed by atoms with van der Waals surface area (Å²) >= 11 is 0. The van der Waals surface area contributed by atoms with E-state index in [1.54, 1.807) is 13.8 Å². The Morgan fingerprint density at radius 1 is 1.50 bits per heavy atom. The molecule has 5 nitrogen and oxygen atoms in total. The number of nitrogens with zero attached hydrogens (tertiary/aromatic N) is 1. The van der Waals surface area contributed by atoms with Crippen molar-refractivity contribution in [3.8, 4) is 0 Å². The number of β-amino-alcohol motifs (C(OH)–C–C–N with tert-alkyl or cyclic N) is 1. The smallest absolute Gasteiger partial charge is 0.279 e. The van der Waals surface area contributed by atoms with Crippen LogP contribution in [-0.2, 0) is 10.2 Å². The average molecular weight is 226 g/mol. The molecule has 2 N–H and O–H groups in total. The van der Waals surface area contributed by atoms with Crippen molar-refractivity contribution in [3.05, 3.63) is 0 Å². The van der Waals surface area contributed by atoms with E-state index in [0.29, 0.717) is 0 Å². The first-order chi connectivity index (χ1) is 6.33. The fraction of sp³-hybridized carbons (Fsp3) is 1.00. The lowest BCUT2D eigenvalue weighted by atomic mass is 10.3. The van der Waals surface area contributed by atoms with Gasteiger partial charge in [0.25, 0.3) is 10.2 Å². The number of rotatable bonds is 3. The Kier molecular flexibility index (Phi) is 3.46. The van der Waals surface area contributed by atoms with Gasteiger partial charge < -0.3 is 5.11 Å². The highest BCUT2D eigenvalue weighted by atomic mass is 32.2. The van der Waals surface area contributed by atoms with Crippen molar-refractivity contribution in [2.24, 2.45) is 0 Å². The summed E-state index contributed by atoms with van der Waals surface area (Å²) in [5.41, 5.74) is 0. The molecule has 84 valence electrons. The van der Waals surface area contributed by atoms with E-state index in [2.05, 4.69) is 4.72 Å². The van der Waals surface area contributed by atoms with Crippen LogP contribution in [0.15, 0.2) is 0 Å². The second-order valence-corrected chi connectivity index (χ2v) is 5.38. The molecule has 0 aromatic carbocycles. The SMILES string of the molecule is CC(C)NS(=O)(=O)N1C[C@H](O)[C@@H](F)C1. The number of halogens is 1. The molecule has 0 radical (unpaired) electrons. The summed E-state index contributed by atoms with van der Waals surface area (Å²) in [6.07, 6.45) is -2.70. The Labute approximate surface area is 83.1 Å². The molecule has 1 heterocycles. The largest absolute Gasteiger partial charge is 0.389 e. The number of aliphatic hydroxyl groups excluding tert-OH is 1. The first-order valence-corrected chi connectivity index (χ1v) is 5.86. The Morgan fingerprint density at radius 2 is 2.07 bits per heavy atom. The fourth-order valence-corrected chi connectivity index (χ4v) is 2.71. The topological polar surface area (TPSA) is 69.6 Å². The van der Waals surface area contributed by atoms with E-state index in [1.165, 1.54) is 0 Å². The zero-order chi connectivity index (χ0) is 10.9. The highest BCUT2D eigenvalue weighted by molar-refractivity contribution is 7.87. The molecule has 0 aromatic heterocycles. The van der Waals surface area contributed by atoms with Gasteiger partial charge in [0.15, 0.2) is 0 Å². The van der Waals surface area contributed by atoms with Crippen LogP contribution in [0.3, 0.4) is 0 Å². The van der Waals surface area contributed by atoms with Gasteiger partial charge in [-0.15, -0.1) is 0 Å². The second kappa shape index (κ2) is 4.09. The zero-order valence-electron chi connectivity index (χ0n) is 8.14. The van der Waals surface area contributed by atoms with Gasteiger partial charge in [-0.2, -0.15) is 17.4 Å². The molecule has 0 unspecified atom stereocenters. The Hall–Kier alpha value is -0.240. The third kappa shape index (κ3) is 2.63. The van der Waals surface area contributed by atoms with Crippen LogP contribution in [0.25, 0.3) is 0 Å². The number of aliphatic hydroxyl groups is 1. The molecule has 14 heavy (non-hydrogen) atoms. The van der Waals surface area contributed by atoms with Gasteiger partial charge in [0, 0.05) is 19.1 Å². The highest BCUT2D eigenvalue weighted by Gasteiger charge is 2.37. The summed E-state index contributed by atoms with van der Waals surface area (Å²) in [4.78, 5) is 0. The number of nitrogens with one attached hydrogen (secondary N) is 1. The molecular weight excluding hydrogens is 211 g/mol. The third-order valence-corrected chi connectivity index (χ3v) is 3.66. The van der Waals surface area contributed by atoms with Gasteiger partial charge in [-0.3, -0.25) is 0 Å². The Morgan fingerprint density at radius 3 is 2.43 bits per heavy atom. The first kappa shape index (κ1) is 11.8. The van der Waals surface area contributed by atoms with E-state index in [-0.39, 0.29) is 19.1 Å². The monoisotopic (exact) mass is 226 g/mol. The highest BCUT2D eigenvalue weighted by Crippen LogP contribution is 2.16. The summed E-state index contributed by atoms with van der Waals surface area (Å²) < 4.78 is 39.0. The molecule has 0 bridgehead atoms. The van der Waals surface area contributed by atoms with E-state index < -0.39 is 22.5 Å². The minimum Gasteiger partial charge on any atom is -0.389 e. The molecule has 0 saturated carbocycles. The maximum absolute atomic E-state index is 12.9. The molecule has 1 rings (SSSR count). The van der Waals surface area contributed by atoms with Gasteiger partial charge >= 0.3 is 0 Å². The maximum Gasteiger partial charge on any atom is 0.279 e. The molecule has 0 spiro atoms. The zero-order valence-corrected chi connectivity index (χ0v) is 8.96. The summed E-state index contributed by atoms with van der Waals surface area (Å²) in [5.74, 6) is 0. The maximum atomic E-state index is 12.9. The molecule has 0 aliphatic carbocycles. The van der Waals surface area contributed by atoms with Crippen molar-refractivity contribution in [2.75, 3.05) is 13.1 Å². The molecule has 2 atom stereocenters. The van der Waals surface area contributed by atoms with Crippen molar-refractivity contribution in [2.45, 2.75) is 32.2 Å². The first-order valence-electron chi connectivity index (χ1n) is 4.42. The predicted octanol–water partition coefficient (Wildman–Crippen LogP) is -0.756. The van der Waals surface area contributed by atoms with Crippen LogP contribution in [0.5, 0.6) is 0 Å². The van der Waals surface area contributed by atoms with Crippen molar-refractivity contribution in [1.82, 2.24) is 9.03 Å².